The Kier molecular flexibility index (Phi) is 9.24. The summed E-state index contributed by atoms with van der Waals surface area (Å²) in [5, 5.41) is 13.9. The van der Waals surface area contributed by atoms with Gasteiger partial charge in [0.1, 0.15) is 6.04 Å². The molecule has 0 aromatic carbocycles. The number of likely N-dealkylation sites (N-methyl/N-ethyl adjacent to an activating group) is 1. The first-order valence-electron chi connectivity index (χ1n) is 7.66. The highest BCUT2D eigenvalue weighted by molar-refractivity contribution is 5.88. The van der Waals surface area contributed by atoms with Crippen molar-refractivity contribution in [3.05, 3.63) is 0 Å². The van der Waals surface area contributed by atoms with Crippen LogP contribution in [0, 0.1) is 17.3 Å². The van der Waals surface area contributed by atoms with Crippen LogP contribution in [0.3, 0.4) is 0 Å². The summed E-state index contributed by atoms with van der Waals surface area (Å²) in [6.45, 7) is 9.99. The SMILES string of the molecule is CNC(=O)[C@@H](NC(=O)[C@@H](CCONO)CC(C)C)C(C)(C)C. The normalized spacial score (nSPS) is 14.5. The number of nitrogens with one attached hydrogen (secondary N) is 3. The molecule has 7 nitrogen and oxygen atoms in total. The number of amides is 2. The number of hydrogen-bond acceptors (Lipinski definition) is 5. The fourth-order valence-corrected chi connectivity index (χ4v) is 2.25. The summed E-state index contributed by atoms with van der Waals surface area (Å²) >= 11 is 0. The van der Waals surface area contributed by atoms with Gasteiger partial charge in [0.2, 0.25) is 11.8 Å². The average Bonchev–Trinajstić information content (AvgIpc) is 2.41. The van der Waals surface area contributed by atoms with Gasteiger partial charge < -0.3 is 10.6 Å². The van der Waals surface area contributed by atoms with E-state index in [1.807, 2.05) is 34.6 Å². The number of carbonyl (C=O) groups excluding carboxylic acids is 2. The topological polar surface area (TPSA) is 99.7 Å². The van der Waals surface area contributed by atoms with Gasteiger partial charge in [0.05, 0.1) is 6.61 Å². The molecule has 2 atom stereocenters. The zero-order valence-corrected chi connectivity index (χ0v) is 14.5. The van der Waals surface area contributed by atoms with Crippen LogP contribution < -0.4 is 16.3 Å². The molecule has 0 bridgehead atoms. The van der Waals surface area contributed by atoms with Gasteiger partial charge in [0.15, 0.2) is 0 Å². The highest BCUT2D eigenvalue weighted by Crippen LogP contribution is 2.22. The van der Waals surface area contributed by atoms with Crippen molar-refractivity contribution in [1.82, 2.24) is 16.3 Å². The van der Waals surface area contributed by atoms with Gasteiger partial charge in [0.25, 0.3) is 0 Å². The summed E-state index contributed by atoms with van der Waals surface area (Å²) in [7, 11) is 1.56. The highest BCUT2D eigenvalue weighted by atomic mass is 16.8. The molecule has 2 amide bonds. The molecule has 0 spiro atoms. The number of carbonyl (C=O) groups is 2. The second-order valence-corrected chi connectivity index (χ2v) is 6.98. The molecule has 0 saturated carbocycles. The van der Waals surface area contributed by atoms with E-state index < -0.39 is 6.04 Å². The van der Waals surface area contributed by atoms with Gasteiger partial charge in [-0.2, -0.15) is 0 Å². The number of hydrogen-bond donors (Lipinski definition) is 4. The Labute approximate surface area is 133 Å². The molecule has 0 rings (SSSR count). The van der Waals surface area contributed by atoms with Crippen molar-refractivity contribution < 1.29 is 19.6 Å². The molecule has 0 aromatic rings. The van der Waals surface area contributed by atoms with Crippen LogP contribution >= 0.6 is 0 Å². The van der Waals surface area contributed by atoms with Gasteiger partial charge in [-0.25, -0.2) is 0 Å². The summed E-state index contributed by atoms with van der Waals surface area (Å²) in [6.07, 6.45) is 1.15. The van der Waals surface area contributed by atoms with E-state index in [2.05, 4.69) is 15.5 Å². The molecule has 0 aliphatic heterocycles. The number of rotatable bonds is 9. The minimum absolute atomic E-state index is 0.168. The summed E-state index contributed by atoms with van der Waals surface area (Å²) < 4.78 is 0. The standard InChI is InChI=1S/C15H31N3O4/c1-10(2)9-11(7-8-22-18-21)13(19)17-12(14(20)16-6)15(3,4)5/h10-12,18,21H,7-9H2,1-6H3,(H,16,20)(H,17,19)/t11-,12+/m0/s1. The fraction of sp³-hybridized carbons (Fsp3) is 0.867. The Morgan fingerprint density at radius 3 is 2.18 bits per heavy atom. The second kappa shape index (κ2) is 9.76. The molecule has 22 heavy (non-hydrogen) atoms. The Morgan fingerprint density at radius 2 is 1.77 bits per heavy atom. The second-order valence-electron chi connectivity index (χ2n) is 6.98. The molecule has 0 heterocycles. The molecular weight excluding hydrogens is 286 g/mol. The van der Waals surface area contributed by atoms with Crippen molar-refractivity contribution in [2.45, 2.75) is 53.5 Å². The van der Waals surface area contributed by atoms with E-state index >= 15 is 0 Å². The molecule has 0 unspecified atom stereocenters. The van der Waals surface area contributed by atoms with E-state index in [0.717, 1.165) is 0 Å². The molecule has 7 heteroatoms. The van der Waals surface area contributed by atoms with Gasteiger partial charge in [0, 0.05) is 13.0 Å². The molecule has 0 saturated heterocycles. The van der Waals surface area contributed by atoms with Crippen molar-refractivity contribution in [3.63, 3.8) is 0 Å². The Hall–Kier alpha value is -1.18. The van der Waals surface area contributed by atoms with E-state index in [1.54, 1.807) is 12.7 Å². The smallest absolute Gasteiger partial charge is 0.242 e. The first-order chi connectivity index (χ1) is 10.1. The van der Waals surface area contributed by atoms with E-state index in [1.165, 1.54) is 0 Å². The third kappa shape index (κ3) is 7.72. The highest BCUT2D eigenvalue weighted by Gasteiger charge is 2.33. The summed E-state index contributed by atoms with van der Waals surface area (Å²) in [5.74, 6) is -0.315. The predicted octanol–water partition coefficient (Wildman–Crippen LogP) is 1.23. The molecule has 0 aliphatic rings. The minimum Gasteiger partial charge on any atom is -0.357 e. The lowest BCUT2D eigenvalue weighted by molar-refractivity contribution is -0.139. The van der Waals surface area contributed by atoms with E-state index in [9.17, 15) is 9.59 Å². The Bertz CT molecular complexity index is 353. The van der Waals surface area contributed by atoms with E-state index in [-0.39, 0.29) is 29.8 Å². The van der Waals surface area contributed by atoms with Gasteiger partial charge in [-0.15, -0.1) is 0 Å². The van der Waals surface area contributed by atoms with E-state index in [0.29, 0.717) is 18.8 Å². The third-order valence-electron chi connectivity index (χ3n) is 3.42. The Balaban J connectivity index is 4.91. The van der Waals surface area contributed by atoms with Crippen LogP contribution in [-0.4, -0.2) is 36.7 Å². The van der Waals surface area contributed by atoms with E-state index in [4.69, 9.17) is 5.21 Å². The van der Waals surface area contributed by atoms with Crippen molar-refractivity contribution in [2.75, 3.05) is 13.7 Å². The monoisotopic (exact) mass is 317 g/mol. The predicted molar refractivity (Wildman–Crippen MR) is 83.9 cm³/mol. The summed E-state index contributed by atoms with van der Waals surface area (Å²) in [4.78, 5) is 29.2. The molecule has 0 radical (unpaired) electrons. The van der Waals surface area contributed by atoms with Crippen LogP contribution in [0.5, 0.6) is 0 Å². The van der Waals surface area contributed by atoms with Crippen LogP contribution in [0.25, 0.3) is 0 Å². The molecule has 130 valence electrons. The molecule has 0 aromatic heterocycles. The summed E-state index contributed by atoms with van der Waals surface area (Å²) in [5.41, 5.74) is 1.22. The minimum atomic E-state index is -0.600. The fourth-order valence-electron chi connectivity index (χ4n) is 2.25. The average molecular weight is 317 g/mol. The lowest BCUT2D eigenvalue weighted by atomic mass is 9.85. The summed E-state index contributed by atoms with van der Waals surface area (Å²) in [6, 6.07) is -0.600. The lowest BCUT2D eigenvalue weighted by Crippen LogP contribution is -2.54. The first-order valence-corrected chi connectivity index (χ1v) is 7.66. The molecular formula is C15H31N3O4. The maximum Gasteiger partial charge on any atom is 0.242 e. The molecule has 0 fully saturated rings. The van der Waals surface area contributed by atoms with Crippen molar-refractivity contribution >= 4 is 11.8 Å². The largest absolute Gasteiger partial charge is 0.357 e. The maximum atomic E-state index is 12.5. The first kappa shape index (κ1) is 20.8. The van der Waals surface area contributed by atoms with Crippen LogP contribution in [0.2, 0.25) is 0 Å². The van der Waals surface area contributed by atoms with Crippen LogP contribution in [-0.2, 0) is 14.4 Å². The van der Waals surface area contributed by atoms with Crippen molar-refractivity contribution in [2.24, 2.45) is 17.3 Å². The Morgan fingerprint density at radius 1 is 1.18 bits per heavy atom. The maximum absolute atomic E-state index is 12.5. The zero-order chi connectivity index (χ0) is 17.3. The quantitative estimate of drug-likeness (QED) is 0.378. The van der Waals surface area contributed by atoms with Crippen LogP contribution in [0.4, 0.5) is 0 Å². The third-order valence-corrected chi connectivity index (χ3v) is 3.42. The lowest BCUT2D eigenvalue weighted by Gasteiger charge is -2.31. The van der Waals surface area contributed by atoms with Gasteiger partial charge in [-0.3, -0.25) is 19.6 Å². The van der Waals surface area contributed by atoms with Crippen molar-refractivity contribution in [3.8, 4) is 0 Å². The van der Waals surface area contributed by atoms with Crippen LogP contribution in [0.1, 0.15) is 47.5 Å². The van der Waals surface area contributed by atoms with Crippen molar-refractivity contribution in [1.29, 1.82) is 0 Å². The molecule has 0 aliphatic carbocycles. The van der Waals surface area contributed by atoms with Gasteiger partial charge >= 0.3 is 0 Å². The van der Waals surface area contributed by atoms with Gasteiger partial charge in [-0.1, -0.05) is 40.3 Å². The zero-order valence-electron chi connectivity index (χ0n) is 14.5. The van der Waals surface area contributed by atoms with Crippen LogP contribution in [0.15, 0.2) is 0 Å². The van der Waals surface area contributed by atoms with Gasteiger partial charge in [-0.05, 0) is 24.2 Å². The molecule has 4 N–H and O–H groups in total.